The maximum atomic E-state index is 13.7. The molecule has 0 aliphatic heterocycles. The maximum absolute atomic E-state index is 13.7. The van der Waals surface area contributed by atoms with Crippen LogP contribution < -0.4 is 15.8 Å². The highest BCUT2D eigenvalue weighted by atomic mass is 19.1. The molecule has 3 nitrogen and oxygen atoms in total. The molecule has 4 heteroatoms. The Labute approximate surface area is 114 Å². The highest BCUT2D eigenvalue weighted by molar-refractivity contribution is 5.31. The zero-order valence-corrected chi connectivity index (χ0v) is 11.7. The van der Waals surface area contributed by atoms with Gasteiger partial charge in [0, 0.05) is 12.1 Å². The van der Waals surface area contributed by atoms with Crippen LogP contribution in [0.15, 0.2) is 18.2 Å². The lowest BCUT2D eigenvalue weighted by atomic mass is 9.79. The molecular formula is C15H23FN2O. The van der Waals surface area contributed by atoms with Crippen LogP contribution in [-0.4, -0.2) is 20.2 Å². The number of nitrogens with two attached hydrogens (primary N) is 1. The molecular weight excluding hydrogens is 243 g/mol. The molecule has 1 aliphatic carbocycles. The number of ether oxygens (including phenoxy) is 1. The summed E-state index contributed by atoms with van der Waals surface area (Å²) < 4.78 is 18.6. The van der Waals surface area contributed by atoms with E-state index in [1.54, 1.807) is 6.07 Å². The van der Waals surface area contributed by atoms with Crippen molar-refractivity contribution in [1.29, 1.82) is 0 Å². The van der Waals surface area contributed by atoms with Gasteiger partial charge >= 0.3 is 0 Å². The molecule has 1 aromatic rings. The van der Waals surface area contributed by atoms with Gasteiger partial charge in [-0.1, -0.05) is 6.07 Å². The smallest absolute Gasteiger partial charge is 0.165 e. The third-order valence-corrected chi connectivity index (χ3v) is 4.25. The van der Waals surface area contributed by atoms with Crippen molar-refractivity contribution in [2.24, 2.45) is 11.7 Å². The topological polar surface area (TPSA) is 47.3 Å². The number of hydrogen-bond donors (Lipinski definition) is 2. The quantitative estimate of drug-likeness (QED) is 0.880. The summed E-state index contributed by atoms with van der Waals surface area (Å²) in [6, 6.07) is 5.56. The molecule has 19 heavy (non-hydrogen) atoms. The summed E-state index contributed by atoms with van der Waals surface area (Å²) in [4.78, 5) is 0. The third kappa shape index (κ3) is 3.25. The number of rotatable bonds is 4. The zero-order valence-electron chi connectivity index (χ0n) is 11.7. The fourth-order valence-corrected chi connectivity index (χ4v) is 2.93. The summed E-state index contributed by atoms with van der Waals surface area (Å²) >= 11 is 0. The molecule has 0 aromatic heterocycles. The van der Waals surface area contributed by atoms with E-state index in [2.05, 4.69) is 5.32 Å². The predicted molar refractivity (Wildman–Crippen MR) is 74.7 cm³/mol. The standard InChI is InChI=1S/C15H23FN2O/c1-18-12-6-3-10(4-7-12)15(17)11-5-8-14(19-2)13(16)9-11/h5,8-10,12,15,18H,3-4,6-7,17H2,1-2H3. The number of methoxy groups -OCH3 is 1. The lowest BCUT2D eigenvalue weighted by Gasteiger charge is -2.32. The van der Waals surface area contributed by atoms with Gasteiger partial charge in [-0.3, -0.25) is 0 Å². The van der Waals surface area contributed by atoms with E-state index < -0.39 is 0 Å². The number of halogens is 1. The second kappa shape index (κ2) is 6.35. The molecule has 106 valence electrons. The lowest BCUT2D eigenvalue weighted by Crippen LogP contribution is -2.33. The van der Waals surface area contributed by atoms with Crippen LogP contribution in [0.4, 0.5) is 4.39 Å². The Kier molecular flexibility index (Phi) is 4.77. The van der Waals surface area contributed by atoms with Gasteiger partial charge in [0.1, 0.15) is 0 Å². The van der Waals surface area contributed by atoms with Crippen molar-refractivity contribution in [3.8, 4) is 5.75 Å². The second-order valence-corrected chi connectivity index (χ2v) is 5.32. The van der Waals surface area contributed by atoms with Gasteiger partial charge in [-0.25, -0.2) is 4.39 Å². The van der Waals surface area contributed by atoms with Crippen molar-refractivity contribution in [3.05, 3.63) is 29.6 Å². The van der Waals surface area contributed by atoms with Gasteiger partial charge < -0.3 is 15.8 Å². The fourth-order valence-electron chi connectivity index (χ4n) is 2.93. The van der Waals surface area contributed by atoms with Crippen LogP contribution in [0.5, 0.6) is 5.75 Å². The maximum Gasteiger partial charge on any atom is 0.165 e. The van der Waals surface area contributed by atoms with Crippen LogP contribution in [0, 0.1) is 11.7 Å². The Morgan fingerprint density at radius 1 is 1.32 bits per heavy atom. The molecule has 3 N–H and O–H groups in total. The van der Waals surface area contributed by atoms with Gasteiger partial charge in [0.05, 0.1) is 7.11 Å². The molecule has 0 spiro atoms. The monoisotopic (exact) mass is 266 g/mol. The first-order valence-corrected chi connectivity index (χ1v) is 6.92. The minimum atomic E-state index is -0.334. The molecule has 0 saturated heterocycles. The fraction of sp³-hybridized carbons (Fsp3) is 0.600. The Morgan fingerprint density at radius 3 is 2.53 bits per heavy atom. The molecule has 2 rings (SSSR count). The van der Waals surface area contributed by atoms with Crippen LogP contribution in [0.25, 0.3) is 0 Å². The summed E-state index contributed by atoms with van der Waals surface area (Å²) in [5, 5.41) is 3.31. The SMILES string of the molecule is CNC1CCC(C(N)c2ccc(OC)c(F)c2)CC1. The molecule has 1 atom stereocenters. The zero-order chi connectivity index (χ0) is 13.8. The van der Waals surface area contributed by atoms with Crippen molar-refractivity contribution < 1.29 is 9.13 Å². The summed E-state index contributed by atoms with van der Waals surface area (Å²) in [5.41, 5.74) is 7.16. The number of nitrogens with one attached hydrogen (secondary N) is 1. The second-order valence-electron chi connectivity index (χ2n) is 5.32. The molecule has 1 unspecified atom stereocenters. The third-order valence-electron chi connectivity index (χ3n) is 4.25. The van der Waals surface area contributed by atoms with Crippen molar-refractivity contribution in [2.45, 2.75) is 37.8 Å². The Morgan fingerprint density at radius 2 is 2.00 bits per heavy atom. The molecule has 0 heterocycles. The van der Waals surface area contributed by atoms with Gasteiger partial charge in [-0.15, -0.1) is 0 Å². The van der Waals surface area contributed by atoms with Crippen molar-refractivity contribution in [2.75, 3.05) is 14.2 Å². The summed E-state index contributed by atoms with van der Waals surface area (Å²) in [6.45, 7) is 0. The van der Waals surface area contributed by atoms with Crippen molar-refractivity contribution in [1.82, 2.24) is 5.32 Å². The minimum absolute atomic E-state index is 0.0850. The van der Waals surface area contributed by atoms with E-state index in [0.717, 1.165) is 31.2 Å². The molecule has 0 amide bonds. The van der Waals surface area contributed by atoms with E-state index in [1.165, 1.54) is 13.2 Å². The first-order chi connectivity index (χ1) is 9.15. The summed E-state index contributed by atoms with van der Waals surface area (Å²) in [5.74, 6) is 0.381. The largest absolute Gasteiger partial charge is 0.494 e. The van der Waals surface area contributed by atoms with Crippen LogP contribution in [0.2, 0.25) is 0 Å². The molecule has 1 fully saturated rings. The average molecular weight is 266 g/mol. The van der Waals surface area contributed by atoms with Crippen LogP contribution in [0.1, 0.15) is 37.3 Å². The van der Waals surface area contributed by atoms with E-state index in [9.17, 15) is 4.39 Å². The first kappa shape index (κ1) is 14.3. The van der Waals surface area contributed by atoms with Gasteiger partial charge in [-0.2, -0.15) is 0 Å². The van der Waals surface area contributed by atoms with E-state index in [1.807, 2.05) is 13.1 Å². The molecule has 0 radical (unpaired) electrons. The van der Waals surface area contributed by atoms with Crippen molar-refractivity contribution in [3.63, 3.8) is 0 Å². The summed E-state index contributed by atoms with van der Waals surface area (Å²) in [6.07, 6.45) is 4.49. The van der Waals surface area contributed by atoms with E-state index in [4.69, 9.17) is 10.5 Å². The van der Waals surface area contributed by atoms with Crippen molar-refractivity contribution >= 4 is 0 Å². The predicted octanol–water partition coefficient (Wildman–Crippen LogP) is 2.61. The number of hydrogen-bond acceptors (Lipinski definition) is 3. The average Bonchev–Trinajstić information content (AvgIpc) is 2.46. The highest BCUT2D eigenvalue weighted by Gasteiger charge is 2.26. The Hall–Kier alpha value is -1.13. The molecule has 0 bridgehead atoms. The minimum Gasteiger partial charge on any atom is -0.494 e. The Balaban J connectivity index is 2.03. The van der Waals surface area contributed by atoms with Crippen LogP contribution >= 0.6 is 0 Å². The molecule has 1 saturated carbocycles. The van der Waals surface area contributed by atoms with Crippen LogP contribution in [0.3, 0.4) is 0 Å². The Bertz CT molecular complexity index is 417. The van der Waals surface area contributed by atoms with E-state index >= 15 is 0 Å². The molecule has 1 aliphatic rings. The van der Waals surface area contributed by atoms with Crippen LogP contribution in [-0.2, 0) is 0 Å². The van der Waals surface area contributed by atoms with E-state index in [-0.39, 0.29) is 17.6 Å². The van der Waals surface area contributed by atoms with Gasteiger partial charge in [-0.05, 0) is 56.3 Å². The van der Waals surface area contributed by atoms with E-state index in [0.29, 0.717) is 12.0 Å². The van der Waals surface area contributed by atoms with Gasteiger partial charge in [0.15, 0.2) is 11.6 Å². The lowest BCUT2D eigenvalue weighted by molar-refractivity contribution is 0.266. The first-order valence-electron chi connectivity index (χ1n) is 6.92. The normalized spacial score (nSPS) is 25.1. The molecule has 1 aromatic carbocycles. The van der Waals surface area contributed by atoms with Gasteiger partial charge in [0.25, 0.3) is 0 Å². The van der Waals surface area contributed by atoms with Gasteiger partial charge in [0.2, 0.25) is 0 Å². The summed E-state index contributed by atoms with van der Waals surface area (Å²) in [7, 11) is 3.47. The number of benzene rings is 1. The highest BCUT2D eigenvalue weighted by Crippen LogP contribution is 2.34.